The summed E-state index contributed by atoms with van der Waals surface area (Å²) >= 11 is 7.25. The molecule has 0 unspecified atom stereocenters. The average molecular weight is 438 g/mol. The molecule has 0 fully saturated rings. The van der Waals surface area contributed by atoms with Crippen LogP contribution in [0, 0.1) is 0 Å². The van der Waals surface area contributed by atoms with Crippen molar-refractivity contribution in [2.24, 2.45) is 0 Å². The maximum absolute atomic E-state index is 13.0. The van der Waals surface area contributed by atoms with Crippen LogP contribution in [0.2, 0.25) is 0 Å². The molecule has 24 heavy (non-hydrogen) atoms. The molecule has 0 atom stereocenters. The third-order valence-corrected chi connectivity index (χ3v) is 6.04. The molecule has 4 aromatic carbocycles. The van der Waals surface area contributed by atoms with Gasteiger partial charge in [0, 0.05) is 31.2 Å². The van der Waals surface area contributed by atoms with Crippen molar-refractivity contribution < 1.29 is 4.79 Å². The Morgan fingerprint density at radius 1 is 0.583 bits per heavy atom. The van der Waals surface area contributed by atoms with E-state index in [2.05, 4.69) is 56.1 Å². The predicted octanol–water partition coefficient (Wildman–Crippen LogP) is 6.73. The summed E-state index contributed by atoms with van der Waals surface area (Å²) in [5.74, 6) is 0.0953. The summed E-state index contributed by atoms with van der Waals surface area (Å²) in [5, 5.41) is 4.48. The monoisotopic (exact) mass is 436 g/mol. The second kappa shape index (κ2) is 5.01. The van der Waals surface area contributed by atoms with Crippen molar-refractivity contribution in [1.29, 1.82) is 0 Å². The Bertz CT molecular complexity index is 1100. The summed E-state index contributed by atoms with van der Waals surface area (Å²) < 4.78 is 1.92. The van der Waals surface area contributed by atoms with Gasteiger partial charge in [0.1, 0.15) is 0 Å². The quantitative estimate of drug-likeness (QED) is 0.262. The van der Waals surface area contributed by atoms with Gasteiger partial charge in [0.05, 0.1) is 0 Å². The molecule has 1 aliphatic rings. The van der Waals surface area contributed by atoms with E-state index in [-0.39, 0.29) is 5.78 Å². The molecule has 3 heteroatoms. The van der Waals surface area contributed by atoms with Gasteiger partial charge < -0.3 is 0 Å². The van der Waals surface area contributed by atoms with E-state index in [1.165, 1.54) is 0 Å². The van der Waals surface area contributed by atoms with Crippen LogP contribution in [0.4, 0.5) is 0 Å². The number of carbonyl (C=O) groups excluding carboxylic acids is 1. The van der Waals surface area contributed by atoms with E-state index in [0.717, 1.165) is 52.7 Å². The first kappa shape index (κ1) is 14.4. The van der Waals surface area contributed by atoms with E-state index in [1.807, 2.05) is 36.4 Å². The van der Waals surface area contributed by atoms with Crippen LogP contribution in [0.5, 0.6) is 0 Å². The topological polar surface area (TPSA) is 17.1 Å². The van der Waals surface area contributed by atoms with Crippen molar-refractivity contribution in [3.8, 4) is 11.1 Å². The second-order valence-electron chi connectivity index (χ2n) is 5.98. The second-order valence-corrected chi connectivity index (χ2v) is 7.69. The number of ketones is 1. The fourth-order valence-electron chi connectivity index (χ4n) is 3.70. The Morgan fingerprint density at radius 3 is 1.38 bits per heavy atom. The van der Waals surface area contributed by atoms with Crippen LogP contribution in [0.3, 0.4) is 0 Å². The first-order valence-electron chi connectivity index (χ1n) is 7.64. The van der Waals surface area contributed by atoms with Crippen LogP contribution in [0.25, 0.3) is 32.7 Å². The fraction of sp³-hybridized carbons (Fsp3) is 0. The highest BCUT2D eigenvalue weighted by Gasteiger charge is 2.31. The zero-order chi connectivity index (χ0) is 16.4. The highest BCUT2D eigenvalue weighted by atomic mass is 79.9. The van der Waals surface area contributed by atoms with Gasteiger partial charge in [-0.15, -0.1) is 0 Å². The first-order valence-corrected chi connectivity index (χ1v) is 9.23. The van der Waals surface area contributed by atoms with Crippen LogP contribution >= 0.6 is 31.9 Å². The highest BCUT2D eigenvalue weighted by Crippen LogP contribution is 2.48. The number of halogens is 2. The Hall–Kier alpha value is -1.97. The summed E-state index contributed by atoms with van der Waals surface area (Å²) in [6.45, 7) is 0. The molecule has 0 saturated carbocycles. The summed E-state index contributed by atoms with van der Waals surface area (Å²) in [7, 11) is 0. The van der Waals surface area contributed by atoms with Gasteiger partial charge in [-0.2, -0.15) is 0 Å². The van der Waals surface area contributed by atoms with E-state index >= 15 is 0 Å². The predicted molar refractivity (Wildman–Crippen MR) is 106 cm³/mol. The van der Waals surface area contributed by atoms with Gasteiger partial charge in [0.15, 0.2) is 5.78 Å². The molecule has 0 amide bonds. The molecule has 0 N–H and O–H groups in total. The molecular weight excluding hydrogens is 428 g/mol. The zero-order valence-electron chi connectivity index (χ0n) is 12.4. The lowest BCUT2D eigenvalue weighted by Crippen LogP contribution is -1.95. The SMILES string of the molecule is O=C1c2cc(Br)c3ccccc3c2-c2c1cc(Br)c1ccccc21. The Kier molecular flexibility index (Phi) is 3.00. The Morgan fingerprint density at radius 2 is 0.958 bits per heavy atom. The van der Waals surface area contributed by atoms with Crippen molar-refractivity contribution in [1.82, 2.24) is 0 Å². The molecule has 0 heterocycles. The van der Waals surface area contributed by atoms with Gasteiger partial charge in [-0.05, 0) is 33.7 Å². The fourth-order valence-corrected chi connectivity index (χ4v) is 4.85. The molecule has 0 spiro atoms. The van der Waals surface area contributed by atoms with Crippen molar-refractivity contribution in [2.75, 3.05) is 0 Å². The molecule has 0 bridgehead atoms. The summed E-state index contributed by atoms with van der Waals surface area (Å²) in [6, 6.07) is 20.4. The summed E-state index contributed by atoms with van der Waals surface area (Å²) in [4.78, 5) is 13.0. The van der Waals surface area contributed by atoms with E-state index < -0.39 is 0 Å². The van der Waals surface area contributed by atoms with Gasteiger partial charge in [0.25, 0.3) is 0 Å². The van der Waals surface area contributed by atoms with Crippen LogP contribution in [0.15, 0.2) is 69.6 Å². The van der Waals surface area contributed by atoms with Crippen molar-refractivity contribution >= 4 is 59.2 Å². The lowest BCUT2D eigenvalue weighted by Gasteiger charge is -2.11. The number of hydrogen-bond acceptors (Lipinski definition) is 1. The van der Waals surface area contributed by atoms with Gasteiger partial charge in [-0.25, -0.2) is 0 Å². The average Bonchev–Trinajstić information content (AvgIpc) is 2.89. The Labute approximate surface area is 155 Å². The van der Waals surface area contributed by atoms with Crippen molar-refractivity contribution in [2.45, 2.75) is 0 Å². The highest BCUT2D eigenvalue weighted by molar-refractivity contribution is 9.11. The van der Waals surface area contributed by atoms with Crippen LogP contribution in [-0.4, -0.2) is 5.78 Å². The summed E-state index contributed by atoms with van der Waals surface area (Å²) in [5.41, 5.74) is 3.66. The lowest BCUT2D eigenvalue weighted by atomic mass is 9.94. The van der Waals surface area contributed by atoms with E-state index in [9.17, 15) is 4.79 Å². The summed E-state index contributed by atoms with van der Waals surface area (Å²) in [6.07, 6.45) is 0. The molecule has 0 radical (unpaired) electrons. The molecule has 4 aromatic rings. The molecule has 1 aliphatic carbocycles. The number of rotatable bonds is 0. The molecule has 0 aliphatic heterocycles. The Balaban J connectivity index is 2.06. The minimum Gasteiger partial charge on any atom is -0.289 e. The number of carbonyl (C=O) groups is 1. The molecule has 0 saturated heterocycles. The number of fused-ring (bicyclic) bond motifs is 7. The van der Waals surface area contributed by atoms with Crippen LogP contribution < -0.4 is 0 Å². The maximum Gasteiger partial charge on any atom is 0.194 e. The first-order chi connectivity index (χ1) is 11.7. The number of benzene rings is 4. The van der Waals surface area contributed by atoms with Gasteiger partial charge >= 0.3 is 0 Å². The van der Waals surface area contributed by atoms with E-state index in [4.69, 9.17) is 0 Å². The normalized spacial score (nSPS) is 12.7. The minimum atomic E-state index is 0.0953. The third kappa shape index (κ3) is 1.77. The van der Waals surface area contributed by atoms with Crippen LogP contribution in [-0.2, 0) is 0 Å². The smallest absolute Gasteiger partial charge is 0.194 e. The van der Waals surface area contributed by atoms with E-state index in [1.54, 1.807) is 0 Å². The zero-order valence-corrected chi connectivity index (χ0v) is 15.6. The van der Waals surface area contributed by atoms with Gasteiger partial charge in [0.2, 0.25) is 0 Å². The van der Waals surface area contributed by atoms with Gasteiger partial charge in [-0.3, -0.25) is 4.79 Å². The molecule has 1 nitrogen and oxygen atoms in total. The number of hydrogen-bond donors (Lipinski definition) is 0. The molecule has 114 valence electrons. The lowest BCUT2D eigenvalue weighted by molar-refractivity contribution is 0.104. The molecular formula is C21H10Br2O. The third-order valence-electron chi connectivity index (χ3n) is 4.73. The molecule has 5 rings (SSSR count). The molecule has 0 aromatic heterocycles. The van der Waals surface area contributed by atoms with Gasteiger partial charge in [-0.1, -0.05) is 80.4 Å². The van der Waals surface area contributed by atoms with Crippen LogP contribution in [0.1, 0.15) is 15.9 Å². The van der Waals surface area contributed by atoms with Crippen molar-refractivity contribution in [3.63, 3.8) is 0 Å². The largest absolute Gasteiger partial charge is 0.289 e. The standard InChI is InChI=1S/C21H10Br2O/c22-17-9-15-19(13-7-3-1-5-11(13)17)20-14-8-4-2-6-12(14)18(23)10-16(20)21(15)24/h1-10H. The van der Waals surface area contributed by atoms with E-state index in [0.29, 0.717) is 0 Å². The minimum absolute atomic E-state index is 0.0953. The van der Waals surface area contributed by atoms with Crippen molar-refractivity contribution in [3.05, 3.63) is 80.7 Å². The maximum atomic E-state index is 13.0.